The molecule has 0 radical (unpaired) electrons. The van der Waals surface area contributed by atoms with Gasteiger partial charge in [-0.1, -0.05) is 46.0 Å². The molecule has 2 atom stereocenters. The number of ether oxygens (including phenoxy) is 1. The van der Waals surface area contributed by atoms with Crippen LogP contribution < -0.4 is 5.32 Å². The summed E-state index contributed by atoms with van der Waals surface area (Å²) >= 11 is 0. The molecule has 0 aromatic rings. The molecule has 0 spiro atoms. The van der Waals surface area contributed by atoms with Crippen molar-refractivity contribution in [3.8, 4) is 0 Å². The predicted octanol–water partition coefficient (Wildman–Crippen LogP) is 3.47. The molecule has 0 heterocycles. The average Bonchev–Trinajstić information content (AvgIpc) is 2.87. The molecule has 2 rings (SSSR count). The van der Waals surface area contributed by atoms with Crippen molar-refractivity contribution in [2.24, 2.45) is 23.2 Å². The Labute approximate surface area is 113 Å². The summed E-state index contributed by atoms with van der Waals surface area (Å²) in [6.45, 7) is 7.94. The van der Waals surface area contributed by atoms with Crippen LogP contribution in [0.3, 0.4) is 0 Å². The molecule has 0 aliphatic heterocycles. The highest BCUT2D eigenvalue weighted by molar-refractivity contribution is 5.06. The lowest BCUT2D eigenvalue weighted by molar-refractivity contribution is 0.198. The number of rotatable bonds is 7. The van der Waals surface area contributed by atoms with Gasteiger partial charge in [0.1, 0.15) is 0 Å². The van der Waals surface area contributed by atoms with E-state index in [1.54, 1.807) is 7.11 Å². The first kappa shape index (κ1) is 14.3. The summed E-state index contributed by atoms with van der Waals surface area (Å²) in [7, 11) is 1.77. The summed E-state index contributed by atoms with van der Waals surface area (Å²) in [5, 5.41) is 3.55. The second-order valence-corrected chi connectivity index (χ2v) is 6.97. The van der Waals surface area contributed by atoms with E-state index in [1.807, 2.05) is 0 Å². The number of nitrogens with one attached hydrogen (secondary N) is 1. The quantitative estimate of drug-likeness (QED) is 0.702. The standard InChI is InChI=1S/C16H31NO/c1-16(2)14(11-13-7-5-4-6-8-13)15(16)12-17-9-10-18-3/h13-15,17H,4-12H2,1-3H3. The van der Waals surface area contributed by atoms with Gasteiger partial charge >= 0.3 is 0 Å². The minimum atomic E-state index is 0.581. The number of hydrogen-bond donors (Lipinski definition) is 1. The molecule has 2 aliphatic rings. The molecule has 2 saturated carbocycles. The van der Waals surface area contributed by atoms with Crippen molar-refractivity contribution in [3.63, 3.8) is 0 Å². The first-order valence-electron chi connectivity index (χ1n) is 7.86. The molecule has 2 fully saturated rings. The zero-order chi connectivity index (χ0) is 13.0. The monoisotopic (exact) mass is 253 g/mol. The summed E-state index contributed by atoms with van der Waals surface area (Å²) in [6, 6.07) is 0. The van der Waals surface area contributed by atoms with Crippen molar-refractivity contribution in [1.82, 2.24) is 5.32 Å². The zero-order valence-electron chi connectivity index (χ0n) is 12.5. The molecule has 106 valence electrons. The molecule has 0 aromatic heterocycles. The van der Waals surface area contributed by atoms with Gasteiger partial charge in [-0.15, -0.1) is 0 Å². The number of hydrogen-bond acceptors (Lipinski definition) is 2. The predicted molar refractivity (Wildman–Crippen MR) is 76.7 cm³/mol. The minimum absolute atomic E-state index is 0.581. The van der Waals surface area contributed by atoms with Crippen LogP contribution in [-0.4, -0.2) is 26.8 Å². The van der Waals surface area contributed by atoms with Crippen molar-refractivity contribution in [2.45, 2.75) is 52.4 Å². The zero-order valence-corrected chi connectivity index (χ0v) is 12.5. The van der Waals surface area contributed by atoms with Gasteiger partial charge in [0.15, 0.2) is 0 Å². The topological polar surface area (TPSA) is 21.3 Å². The van der Waals surface area contributed by atoms with Gasteiger partial charge in [-0.05, 0) is 36.1 Å². The van der Waals surface area contributed by atoms with E-state index in [4.69, 9.17) is 4.74 Å². The molecule has 2 heteroatoms. The van der Waals surface area contributed by atoms with Crippen LogP contribution in [0.15, 0.2) is 0 Å². The largest absolute Gasteiger partial charge is 0.383 e. The van der Waals surface area contributed by atoms with Gasteiger partial charge in [-0.2, -0.15) is 0 Å². The molecule has 2 aliphatic carbocycles. The Morgan fingerprint density at radius 3 is 2.50 bits per heavy atom. The summed E-state index contributed by atoms with van der Waals surface area (Å²) in [4.78, 5) is 0. The van der Waals surface area contributed by atoms with Crippen molar-refractivity contribution >= 4 is 0 Å². The molecule has 2 unspecified atom stereocenters. The molecule has 0 amide bonds. The Hall–Kier alpha value is -0.0800. The van der Waals surface area contributed by atoms with Crippen LogP contribution in [0.4, 0.5) is 0 Å². The van der Waals surface area contributed by atoms with Gasteiger partial charge in [-0.25, -0.2) is 0 Å². The van der Waals surface area contributed by atoms with E-state index < -0.39 is 0 Å². The lowest BCUT2D eigenvalue weighted by Gasteiger charge is -2.22. The van der Waals surface area contributed by atoms with Gasteiger partial charge in [0.05, 0.1) is 6.61 Å². The van der Waals surface area contributed by atoms with Crippen LogP contribution in [-0.2, 0) is 4.74 Å². The van der Waals surface area contributed by atoms with Gasteiger partial charge < -0.3 is 10.1 Å². The lowest BCUT2D eigenvalue weighted by Crippen LogP contribution is -2.23. The minimum Gasteiger partial charge on any atom is -0.383 e. The molecule has 0 bridgehead atoms. The van der Waals surface area contributed by atoms with Crippen LogP contribution in [0.5, 0.6) is 0 Å². The summed E-state index contributed by atoms with van der Waals surface area (Å²) in [5.74, 6) is 2.90. The van der Waals surface area contributed by atoms with Crippen molar-refractivity contribution in [2.75, 3.05) is 26.8 Å². The summed E-state index contributed by atoms with van der Waals surface area (Å²) in [5.41, 5.74) is 0.581. The first-order valence-corrected chi connectivity index (χ1v) is 7.86. The van der Waals surface area contributed by atoms with E-state index in [1.165, 1.54) is 45.1 Å². The second-order valence-electron chi connectivity index (χ2n) is 6.97. The average molecular weight is 253 g/mol. The van der Waals surface area contributed by atoms with E-state index in [9.17, 15) is 0 Å². The van der Waals surface area contributed by atoms with E-state index in [-0.39, 0.29) is 0 Å². The maximum absolute atomic E-state index is 5.08. The smallest absolute Gasteiger partial charge is 0.0587 e. The fraction of sp³-hybridized carbons (Fsp3) is 1.00. The van der Waals surface area contributed by atoms with Crippen LogP contribution in [0.1, 0.15) is 52.4 Å². The Balaban J connectivity index is 1.68. The maximum atomic E-state index is 5.08. The van der Waals surface area contributed by atoms with E-state index in [0.717, 1.165) is 30.9 Å². The van der Waals surface area contributed by atoms with Crippen molar-refractivity contribution in [3.05, 3.63) is 0 Å². The van der Waals surface area contributed by atoms with Crippen LogP contribution >= 0.6 is 0 Å². The SMILES string of the molecule is COCCNCC1C(CC2CCCCC2)C1(C)C. The third-order valence-electron chi connectivity index (χ3n) is 5.45. The molecule has 1 N–H and O–H groups in total. The normalized spacial score (nSPS) is 31.5. The molecular weight excluding hydrogens is 222 g/mol. The highest BCUT2D eigenvalue weighted by atomic mass is 16.5. The third-order valence-corrected chi connectivity index (χ3v) is 5.45. The third kappa shape index (κ3) is 3.48. The van der Waals surface area contributed by atoms with Crippen LogP contribution in [0.25, 0.3) is 0 Å². The highest BCUT2D eigenvalue weighted by Crippen LogP contribution is 2.61. The Kier molecular flexibility index (Phi) is 5.08. The van der Waals surface area contributed by atoms with E-state index in [2.05, 4.69) is 19.2 Å². The van der Waals surface area contributed by atoms with Crippen molar-refractivity contribution in [1.29, 1.82) is 0 Å². The Bertz CT molecular complexity index is 245. The summed E-state index contributed by atoms with van der Waals surface area (Å²) in [6.07, 6.45) is 8.92. The van der Waals surface area contributed by atoms with E-state index >= 15 is 0 Å². The Morgan fingerprint density at radius 1 is 1.11 bits per heavy atom. The fourth-order valence-electron chi connectivity index (χ4n) is 3.94. The van der Waals surface area contributed by atoms with Crippen molar-refractivity contribution < 1.29 is 4.74 Å². The van der Waals surface area contributed by atoms with Gasteiger partial charge in [0.2, 0.25) is 0 Å². The van der Waals surface area contributed by atoms with Crippen LogP contribution in [0.2, 0.25) is 0 Å². The van der Waals surface area contributed by atoms with Gasteiger partial charge in [-0.3, -0.25) is 0 Å². The fourth-order valence-corrected chi connectivity index (χ4v) is 3.94. The van der Waals surface area contributed by atoms with Gasteiger partial charge in [0.25, 0.3) is 0 Å². The summed E-state index contributed by atoms with van der Waals surface area (Å²) < 4.78 is 5.08. The molecule has 18 heavy (non-hydrogen) atoms. The lowest BCUT2D eigenvalue weighted by atomic mass is 9.84. The second kappa shape index (κ2) is 6.38. The molecule has 2 nitrogen and oxygen atoms in total. The van der Waals surface area contributed by atoms with Crippen LogP contribution in [0, 0.1) is 23.2 Å². The number of methoxy groups -OCH3 is 1. The Morgan fingerprint density at radius 2 is 1.83 bits per heavy atom. The van der Waals surface area contributed by atoms with E-state index in [0.29, 0.717) is 5.41 Å². The molecule has 0 aromatic carbocycles. The molecule has 0 saturated heterocycles. The molecular formula is C16H31NO. The van der Waals surface area contributed by atoms with Gasteiger partial charge in [0, 0.05) is 13.7 Å². The highest BCUT2D eigenvalue weighted by Gasteiger charge is 2.56. The maximum Gasteiger partial charge on any atom is 0.0587 e. The first-order chi connectivity index (χ1) is 8.66.